The summed E-state index contributed by atoms with van der Waals surface area (Å²) in [5, 5.41) is 18.9. The van der Waals surface area contributed by atoms with E-state index in [2.05, 4.69) is 25.9 Å². The molecule has 5 aromatic carbocycles. The van der Waals surface area contributed by atoms with Gasteiger partial charge in [0.2, 0.25) is 0 Å². The van der Waals surface area contributed by atoms with Gasteiger partial charge in [0.25, 0.3) is 29.5 Å². The zero-order valence-corrected chi connectivity index (χ0v) is 45.8. The van der Waals surface area contributed by atoms with Crippen LogP contribution < -0.4 is 50.8 Å². The van der Waals surface area contributed by atoms with Crippen LogP contribution >= 0.6 is 0 Å². The SMILES string of the molecule is C.CC(C)c1nn(-c2ccc(CN)cc2)c(C(N)=O)c1N.Cc1ccc(F)cc1C(=O)NCc1ccc(-n2nc(C(C)C)c(N)c2C(N)=O)cc1.Cc1ccc(F)cc1C(=O)NCc1ccc(-n2nc(C(C)C)c(N)c2C(N)=O)cc1. The molecule has 22 heteroatoms. The Morgan fingerprint density at radius 2 is 0.741 bits per heavy atom. The van der Waals surface area contributed by atoms with Gasteiger partial charge in [-0.3, -0.25) is 24.0 Å². The van der Waals surface area contributed by atoms with E-state index in [4.69, 9.17) is 40.1 Å². The van der Waals surface area contributed by atoms with Crippen LogP contribution in [-0.4, -0.2) is 58.9 Å². The number of carbonyl (C=O) groups is 5. The van der Waals surface area contributed by atoms with Gasteiger partial charge in [0.1, 0.15) is 11.6 Å². The Hall–Kier alpha value is -9.70. The van der Waals surface area contributed by atoms with Crippen molar-refractivity contribution in [2.24, 2.45) is 22.9 Å². The zero-order valence-electron chi connectivity index (χ0n) is 45.8. The van der Waals surface area contributed by atoms with E-state index in [0.717, 1.165) is 22.4 Å². The summed E-state index contributed by atoms with van der Waals surface area (Å²) < 4.78 is 31.2. The Balaban J connectivity index is 0.000000227. The Kier molecular flexibility index (Phi) is 20.5. The fraction of sp³-hybridized carbons (Fsp3) is 0.254. The van der Waals surface area contributed by atoms with Gasteiger partial charge in [-0.2, -0.15) is 15.3 Å². The minimum absolute atomic E-state index is 0. The maximum Gasteiger partial charge on any atom is 0.269 e. The van der Waals surface area contributed by atoms with Crippen molar-refractivity contribution in [2.75, 3.05) is 17.2 Å². The van der Waals surface area contributed by atoms with Gasteiger partial charge in [0.05, 0.1) is 51.2 Å². The topological polar surface area (TPSA) is 345 Å². The number of aromatic nitrogens is 6. The third kappa shape index (κ3) is 14.5. The molecule has 3 aromatic heterocycles. The van der Waals surface area contributed by atoms with Crippen LogP contribution in [0.1, 0.15) is 164 Å². The molecule has 0 aliphatic heterocycles. The number of primary amides is 3. The third-order valence-corrected chi connectivity index (χ3v) is 12.8. The molecule has 0 fully saturated rings. The van der Waals surface area contributed by atoms with E-state index in [0.29, 0.717) is 62.9 Å². The molecule has 20 nitrogen and oxygen atoms in total. The summed E-state index contributed by atoms with van der Waals surface area (Å²) in [6, 6.07) is 29.9. The van der Waals surface area contributed by atoms with Crippen molar-refractivity contribution in [3.05, 3.63) is 194 Å². The van der Waals surface area contributed by atoms with Crippen molar-refractivity contribution in [1.82, 2.24) is 40.0 Å². The van der Waals surface area contributed by atoms with Crippen LogP contribution in [0.2, 0.25) is 0 Å². The zero-order chi connectivity index (χ0) is 58.9. The number of aryl methyl sites for hydroxylation is 2. The highest BCUT2D eigenvalue weighted by Gasteiger charge is 2.25. The molecule has 426 valence electrons. The molecule has 8 rings (SSSR count). The molecular weight excluding hydrogens is 1040 g/mol. The number of halogens is 2. The maximum absolute atomic E-state index is 13.4. The quantitative estimate of drug-likeness (QED) is 0.0446. The number of benzene rings is 5. The summed E-state index contributed by atoms with van der Waals surface area (Å²) >= 11 is 0. The normalized spacial score (nSPS) is 10.8. The molecular formula is C59H71F2N15O5. The van der Waals surface area contributed by atoms with E-state index < -0.39 is 29.4 Å². The average Bonchev–Trinajstić information content (AvgIpc) is 4.24. The largest absolute Gasteiger partial charge is 0.395 e. The van der Waals surface area contributed by atoms with E-state index in [9.17, 15) is 32.8 Å². The van der Waals surface area contributed by atoms with E-state index in [1.165, 1.54) is 38.3 Å². The average molecular weight is 1110 g/mol. The lowest BCUT2D eigenvalue weighted by atomic mass is 10.1. The summed E-state index contributed by atoms with van der Waals surface area (Å²) in [7, 11) is 0. The fourth-order valence-electron chi connectivity index (χ4n) is 8.41. The van der Waals surface area contributed by atoms with Gasteiger partial charge in [-0.15, -0.1) is 0 Å². The Bertz CT molecular complexity index is 3390. The molecule has 81 heavy (non-hydrogen) atoms. The second-order valence-electron chi connectivity index (χ2n) is 19.7. The summed E-state index contributed by atoms with van der Waals surface area (Å²) in [5.74, 6) is -3.36. The number of hydrogen-bond acceptors (Lipinski definition) is 12. The predicted octanol–water partition coefficient (Wildman–Crippen LogP) is 7.88. The van der Waals surface area contributed by atoms with E-state index in [-0.39, 0.29) is 78.5 Å². The lowest BCUT2D eigenvalue weighted by Gasteiger charge is -2.09. The molecule has 0 saturated carbocycles. The molecule has 0 unspecified atom stereocenters. The molecule has 0 aliphatic rings. The molecule has 0 radical (unpaired) electrons. The number of rotatable bonds is 16. The molecule has 0 spiro atoms. The van der Waals surface area contributed by atoms with E-state index in [1.54, 1.807) is 74.5 Å². The molecule has 8 aromatic rings. The van der Waals surface area contributed by atoms with Crippen LogP contribution in [0.15, 0.2) is 109 Å². The van der Waals surface area contributed by atoms with Crippen molar-refractivity contribution in [2.45, 2.75) is 100 Å². The van der Waals surface area contributed by atoms with Gasteiger partial charge < -0.3 is 50.8 Å². The van der Waals surface area contributed by atoms with E-state index >= 15 is 0 Å². The van der Waals surface area contributed by atoms with Crippen LogP contribution in [-0.2, 0) is 19.6 Å². The highest BCUT2D eigenvalue weighted by atomic mass is 19.1. The number of nitrogens with zero attached hydrogens (tertiary/aromatic N) is 6. The van der Waals surface area contributed by atoms with Crippen LogP contribution in [0.3, 0.4) is 0 Å². The highest BCUT2D eigenvalue weighted by Crippen LogP contribution is 2.30. The van der Waals surface area contributed by atoms with E-state index in [1.807, 2.05) is 65.8 Å². The first-order valence-electron chi connectivity index (χ1n) is 25.4. The Morgan fingerprint density at radius 3 is 0.988 bits per heavy atom. The summed E-state index contributed by atoms with van der Waals surface area (Å²) in [6.45, 7) is 16.1. The number of anilines is 3. The van der Waals surface area contributed by atoms with Crippen molar-refractivity contribution >= 4 is 46.6 Å². The van der Waals surface area contributed by atoms with Crippen LogP contribution in [0.5, 0.6) is 0 Å². The summed E-state index contributed by atoms with van der Waals surface area (Å²) in [4.78, 5) is 60.1. The molecule has 0 bridgehead atoms. The number of nitrogens with one attached hydrogen (secondary N) is 2. The van der Waals surface area contributed by atoms with Crippen LogP contribution in [0, 0.1) is 25.5 Å². The number of nitrogens with two attached hydrogens (primary N) is 7. The van der Waals surface area contributed by atoms with Crippen molar-refractivity contribution in [3.63, 3.8) is 0 Å². The molecule has 16 N–H and O–H groups in total. The maximum atomic E-state index is 13.4. The predicted molar refractivity (Wildman–Crippen MR) is 311 cm³/mol. The van der Waals surface area contributed by atoms with Crippen molar-refractivity contribution < 1.29 is 32.8 Å². The monoisotopic (exact) mass is 1110 g/mol. The van der Waals surface area contributed by atoms with Gasteiger partial charge in [0, 0.05) is 30.8 Å². The fourth-order valence-corrected chi connectivity index (χ4v) is 8.41. The summed E-state index contributed by atoms with van der Waals surface area (Å²) in [6.07, 6.45) is 0. The number of nitrogen functional groups attached to an aromatic ring is 3. The van der Waals surface area contributed by atoms with Gasteiger partial charge in [-0.1, -0.05) is 97.5 Å². The van der Waals surface area contributed by atoms with Gasteiger partial charge in [-0.25, -0.2) is 22.8 Å². The number of hydrogen-bond donors (Lipinski definition) is 9. The van der Waals surface area contributed by atoms with Gasteiger partial charge in [-0.05, 0) is 120 Å². The second-order valence-corrected chi connectivity index (χ2v) is 19.7. The lowest BCUT2D eigenvalue weighted by Crippen LogP contribution is -2.23. The number of amides is 5. The lowest BCUT2D eigenvalue weighted by molar-refractivity contribution is 0.0941. The molecule has 0 saturated heterocycles. The minimum atomic E-state index is -0.659. The molecule has 3 heterocycles. The standard InChI is InChI=1S/2C22H24FN5O2.C14H19N5O.CH4/c2*1-12(2)19-18(24)20(21(25)29)28(27-19)16-8-5-14(6-9-16)11-26-22(30)17-10-15(23)7-4-13(17)3;1-8(2)12-11(16)13(14(17)20)19(18-12)10-5-3-9(7-15)4-6-10;/h2*4-10,12H,11,24H2,1-3H3,(H2,25,29)(H,26,30);3-6,8H,7,15-16H2,1-2H3,(H2,17,20);1H4. The Labute approximate surface area is 469 Å². The Morgan fingerprint density at radius 1 is 0.469 bits per heavy atom. The first kappa shape index (κ1) is 62.1. The first-order valence-corrected chi connectivity index (χ1v) is 25.4. The first-order chi connectivity index (χ1) is 37.8. The highest BCUT2D eigenvalue weighted by molar-refractivity contribution is 5.99. The van der Waals surface area contributed by atoms with Gasteiger partial charge >= 0.3 is 0 Å². The smallest absolute Gasteiger partial charge is 0.269 e. The van der Waals surface area contributed by atoms with Crippen LogP contribution in [0.25, 0.3) is 17.1 Å². The van der Waals surface area contributed by atoms with Crippen molar-refractivity contribution in [3.8, 4) is 17.1 Å². The molecule has 0 aliphatic carbocycles. The summed E-state index contributed by atoms with van der Waals surface area (Å²) in [5.41, 5.74) is 50.0. The van der Waals surface area contributed by atoms with Crippen molar-refractivity contribution in [1.29, 1.82) is 0 Å². The third-order valence-electron chi connectivity index (χ3n) is 12.8. The second kappa shape index (κ2) is 26.8. The molecule has 0 atom stereocenters. The minimum Gasteiger partial charge on any atom is -0.395 e. The van der Waals surface area contributed by atoms with Crippen LogP contribution in [0.4, 0.5) is 25.8 Å². The number of carbonyl (C=O) groups excluding carboxylic acids is 5. The molecule has 5 amide bonds. The van der Waals surface area contributed by atoms with Gasteiger partial charge in [0.15, 0.2) is 17.1 Å².